The van der Waals surface area contributed by atoms with Gasteiger partial charge in [0.15, 0.2) is 6.61 Å². The van der Waals surface area contributed by atoms with Crippen LogP contribution in [-0.4, -0.2) is 44.7 Å². The van der Waals surface area contributed by atoms with Crippen molar-refractivity contribution in [1.29, 1.82) is 5.26 Å². The highest BCUT2D eigenvalue weighted by Gasteiger charge is 2.27. The number of nitrogens with zero attached hydrogens (tertiary/aromatic N) is 1. The Morgan fingerprint density at radius 3 is 2.12 bits per heavy atom. The van der Waals surface area contributed by atoms with Crippen molar-refractivity contribution in [3.8, 4) is 17.6 Å². The molecule has 0 aromatic heterocycles. The quantitative estimate of drug-likeness (QED) is 0.530. The molecule has 0 fully saturated rings. The lowest BCUT2D eigenvalue weighted by Crippen LogP contribution is -2.46. The third-order valence-corrected chi connectivity index (χ3v) is 4.69. The summed E-state index contributed by atoms with van der Waals surface area (Å²) in [5.41, 5.74) is 1.59. The molecule has 0 aliphatic carbocycles. The maximum atomic E-state index is 12.7. The minimum absolute atomic E-state index is 0.252. The molecule has 2 aromatic rings. The summed E-state index contributed by atoms with van der Waals surface area (Å²) in [5.74, 6) is -1.19. The van der Waals surface area contributed by atoms with Crippen molar-refractivity contribution in [3.05, 3.63) is 53.6 Å². The van der Waals surface area contributed by atoms with E-state index in [0.717, 1.165) is 5.56 Å². The molecule has 0 spiro atoms. The van der Waals surface area contributed by atoms with Gasteiger partial charge in [-0.25, -0.2) is 4.79 Å². The Morgan fingerprint density at radius 2 is 1.61 bits per heavy atom. The number of rotatable bonds is 10. The smallest absolute Gasteiger partial charge is 0.329 e. The van der Waals surface area contributed by atoms with Crippen LogP contribution in [0.4, 0.5) is 5.69 Å². The molecule has 1 atom stereocenters. The van der Waals surface area contributed by atoms with Crippen LogP contribution >= 0.6 is 0 Å². The molecule has 2 amide bonds. The van der Waals surface area contributed by atoms with Gasteiger partial charge in [0.05, 0.1) is 26.7 Å². The maximum Gasteiger partial charge on any atom is 0.329 e. The molecule has 9 nitrogen and oxygen atoms in total. The first kappa shape index (κ1) is 25.2. The van der Waals surface area contributed by atoms with E-state index >= 15 is 0 Å². The van der Waals surface area contributed by atoms with E-state index in [1.54, 1.807) is 44.2 Å². The van der Waals surface area contributed by atoms with Gasteiger partial charge in [-0.1, -0.05) is 26.0 Å². The van der Waals surface area contributed by atoms with Crippen molar-refractivity contribution in [3.63, 3.8) is 0 Å². The summed E-state index contributed by atoms with van der Waals surface area (Å²) >= 11 is 0. The van der Waals surface area contributed by atoms with Gasteiger partial charge in [-0.3, -0.25) is 9.59 Å². The normalized spacial score (nSPS) is 11.2. The Morgan fingerprint density at radius 1 is 1.00 bits per heavy atom. The van der Waals surface area contributed by atoms with Crippen LogP contribution < -0.4 is 20.1 Å². The van der Waals surface area contributed by atoms with E-state index in [2.05, 4.69) is 10.6 Å². The Kier molecular flexibility index (Phi) is 9.24. The maximum absolute atomic E-state index is 12.7. The SMILES string of the molecule is COc1cc(OC)cc(C(=O)NC(C(=O)OCC(=O)Nc2ccc(CC#N)cc2)C(C)C)c1. The fraction of sp³-hybridized carbons (Fsp3) is 0.333. The van der Waals surface area contributed by atoms with E-state index in [1.807, 2.05) is 6.07 Å². The Bertz CT molecular complexity index is 1010. The standard InChI is InChI=1S/C24H27N3O6/c1-15(2)22(27-23(29)17-11-19(31-3)13-20(12-17)32-4)24(30)33-14-21(28)26-18-7-5-16(6-8-18)9-10-25/h5-8,11-13,15,22H,9,14H2,1-4H3,(H,26,28)(H,27,29). The zero-order valence-electron chi connectivity index (χ0n) is 19.0. The summed E-state index contributed by atoms with van der Waals surface area (Å²) < 4.78 is 15.5. The molecule has 0 heterocycles. The number of anilines is 1. The van der Waals surface area contributed by atoms with Gasteiger partial charge in [0, 0.05) is 17.3 Å². The van der Waals surface area contributed by atoms with Crippen molar-refractivity contribution in [2.45, 2.75) is 26.3 Å². The van der Waals surface area contributed by atoms with Crippen LogP contribution in [0.2, 0.25) is 0 Å². The fourth-order valence-electron chi connectivity index (χ4n) is 2.88. The van der Waals surface area contributed by atoms with Gasteiger partial charge < -0.3 is 24.8 Å². The largest absolute Gasteiger partial charge is 0.497 e. The number of nitrogens with one attached hydrogen (secondary N) is 2. The van der Waals surface area contributed by atoms with E-state index in [0.29, 0.717) is 17.2 Å². The van der Waals surface area contributed by atoms with Crippen molar-refractivity contribution in [1.82, 2.24) is 5.32 Å². The van der Waals surface area contributed by atoms with E-state index in [9.17, 15) is 14.4 Å². The summed E-state index contributed by atoms with van der Waals surface area (Å²) in [6.07, 6.45) is 0.274. The first-order chi connectivity index (χ1) is 15.8. The zero-order valence-corrected chi connectivity index (χ0v) is 19.0. The van der Waals surface area contributed by atoms with Gasteiger partial charge in [0.2, 0.25) is 0 Å². The molecule has 0 aliphatic heterocycles. The summed E-state index contributed by atoms with van der Waals surface area (Å²) in [4.78, 5) is 37.4. The number of nitriles is 1. The molecule has 9 heteroatoms. The molecule has 174 valence electrons. The average Bonchev–Trinajstić information content (AvgIpc) is 2.81. The minimum Gasteiger partial charge on any atom is -0.497 e. The number of benzene rings is 2. The first-order valence-corrected chi connectivity index (χ1v) is 10.2. The number of carbonyl (C=O) groups is 3. The van der Waals surface area contributed by atoms with Crippen LogP contribution in [0.15, 0.2) is 42.5 Å². The third-order valence-electron chi connectivity index (χ3n) is 4.69. The van der Waals surface area contributed by atoms with Crippen LogP contribution in [0.3, 0.4) is 0 Å². The molecule has 2 N–H and O–H groups in total. The number of ether oxygens (including phenoxy) is 3. The number of carbonyl (C=O) groups excluding carboxylic acids is 3. The average molecular weight is 453 g/mol. The monoisotopic (exact) mass is 453 g/mol. The van der Waals surface area contributed by atoms with E-state index in [4.69, 9.17) is 19.5 Å². The number of amides is 2. The summed E-state index contributed by atoms with van der Waals surface area (Å²) in [5, 5.41) is 14.0. The fourth-order valence-corrected chi connectivity index (χ4v) is 2.88. The van der Waals surface area contributed by atoms with Crippen LogP contribution in [-0.2, 0) is 20.7 Å². The number of esters is 1. The molecule has 0 aliphatic rings. The third kappa shape index (κ3) is 7.54. The molecular formula is C24H27N3O6. The second-order valence-corrected chi connectivity index (χ2v) is 7.48. The summed E-state index contributed by atoms with van der Waals surface area (Å²) in [6, 6.07) is 12.5. The van der Waals surface area contributed by atoms with Crippen LogP contribution in [0.5, 0.6) is 11.5 Å². The number of hydrogen-bond donors (Lipinski definition) is 2. The topological polar surface area (TPSA) is 127 Å². The number of methoxy groups -OCH3 is 2. The van der Waals surface area contributed by atoms with Gasteiger partial charge >= 0.3 is 5.97 Å². The lowest BCUT2D eigenvalue weighted by Gasteiger charge is -2.21. The second-order valence-electron chi connectivity index (χ2n) is 7.48. The van der Waals surface area contributed by atoms with E-state index < -0.39 is 30.4 Å². The molecule has 2 aromatic carbocycles. The van der Waals surface area contributed by atoms with Gasteiger partial charge in [-0.15, -0.1) is 0 Å². The van der Waals surface area contributed by atoms with E-state index in [1.165, 1.54) is 26.4 Å². The van der Waals surface area contributed by atoms with Crippen molar-refractivity contribution in [2.24, 2.45) is 5.92 Å². The Balaban J connectivity index is 1.97. The zero-order chi connectivity index (χ0) is 24.4. The second kappa shape index (κ2) is 12.1. The molecular weight excluding hydrogens is 426 g/mol. The molecule has 33 heavy (non-hydrogen) atoms. The molecule has 1 unspecified atom stereocenters. The van der Waals surface area contributed by atoms with E-state index in [-0.39, 0.29) is 17.9 Å². The lowest BCUT2D eigenvalue weighted by molar-refractivity contribution is -0.150. The van der Waals surface area contributed by atoms with Gasteiger partial charge in [-0.2, -0.15) is 5.26 Å². The van der Waals surface area contributed by atoms with Gasteiger partial charge in [0.25, 0.3) is 11.8 Å². The highest BCUT2D eigenvalue weighted by molar-refractivity contribution is 5.98. The minimum atomic E-state index is -0.965. The Hall–Kier alpha value is -4.06. The number of hydrogen-bond acceptors (Lipinski definition) is 7. The highest BCUT2D eigenvalue weighted by Crippen LogP contribution is 2.22. The summed E-state index contributed by atoms with van der Waals surface area (Å²) in [7, 11) is 2.94. The molecule has 2 rings (SSSR count). The first-order valence-electron chi connectivity index (χ1n) is 10.2. The predicted molar refractivity (Wildman–Crippen MR) is 121 cm³/mol. The lowest BCUT2D eigenvalue weighted by atomic mass is 10.0. The highest BCUT2D eigenvalue weighted by atomic mass is 16.5. The molecule has 0 saturated carbocycles. The molecule has 0 saturated heterocycles. The van der Waals surface area contributed by atoms with Crippen LogP contribution in [0, 0.1) is 17.2 Å². The van der Waals surface area contributed by atoms with Crippen LogP contribution in [0.25, 0.3) is 0 Å². The Labute approximate surface area is 192 Å². The van der Waals surface area contributed by atoms with Gasteiger partial charge in [-0.05, 0) is 35.7 Å². The molecule has 0 radical (unpaired) electrons. The van der Waals surface area contributed by atoms with Gasteiger partial charge in [0.1, 0.15) is 17.5 Å². The van der Waals surface area contributed by atoms with Crippen molar-refractivity contribution in [2.75, 3.05) is 26.1 Å². The van der Waals surface area contributed by atoms with Crippen molar-refractivity contribution < 1.29 is 28.6 Å². The molecule has 0 bridgehead atoms. The summed E-state index contributed by atoms with van der Waals surface area (Å²) in [6.45, 7) is 2.99. The predicted octanol–water partition coefficient (Wildman–Crippen LogP) is 2.71. The van der Waals surface area contributed by atoms with Crippen molar-refractivity contribution >= 4 is 23.5 Å². The van der Waals surface area contributed by atoms with Crippen LogP contribution in [0.1, 0.15) is 29.8 Å².